The fourth-order valence-corrected chi connectivity index (χ4v) is 2.12. The average Bonchev–Trinajstić information content (AvgIpc) is 2.46. The van der Waals surface area contributed by atoms with Crippen molar-refractivity contribution in [2.24, 2.45) is 5.84 Å². The Morgan fingerprint density at radius 3 is 2.30 bits per heavy atom. The van der Waals surface area contributed by atoms with E-state index < -0.39 is 0 Å². The maximum Gasteiger partial charge on any atom is 0.203 e. The monoisotopic (exact) mass is 280 g/mol. The van der Waals surface area contributed by atoms with E-state index in [2.05, 4.69) is 12.0 Å². The molecular formula is C15H24N2O3. The second-order valence-corrected chi connectivity index (χ2v) is 4.64. The van der Waals surface area contributed by atoms with Gasteiger partial charge in [0.2, 0.25) is 5.75 Å². The van der Waals surface area contributed by atoms with Crippen LogP contribution in [0.1, 0.15) is 31.4 Å². The van der Waals surface area contributed by atoms with E-state index in [1.54, 1.807) is 21.3 Å². The summed E-state index contributed by atoms with van der Waals surface area (Å²) in [5.41, 5.74) is 4.87. The number of benzene rings is 1. The van der Waals surface area contributed by atoms with Gasteiger partial charge in [-0.3, -0.25) is 11.3 Å². The van der Waals surface area contributed by atoms with Crippen molar-refractivity contribution in [3.05, 3.63) is 29.8 Å². The molecule has 1 aromatic rings. The minimum absolute atomic E-state index is 0.0403. The van der Waals surface area contributed by atoms with Gasteiger partial charge in [0, 0.05) is 5.56 Å². The van der Waals surface area contributed by atoms with Crippen molar-refractivity contribution in [1.29, 1.82) is 0 Å². The van der Waals surface area contributed by atoms with Gasteiger partial charge in [-0.2, -0.15) is 0 Å². The first-order valence-corrected chi connectivity index (χ1v) is 6.48. The SMILES string of the molecule is C=C(C)CCC(NN)c1ccc(OC)c(OC)c1OC. The molecular weight excluding hydrogens is 256 g/mol. The maximum absolute atomic E-state index is 5.67. The Labute approximate surface area is 120 Å². The molecule has 0 radical (unpaired) electrons. The fraction of sp³-hybridized carbons (Fsp3) is 0.467. The molecule has 1 rings (SSSR count). The Morgan fingerprint density at radius 2 is 1.85 bits per heavy atom. The highest BCUT2D eigenvalue weighted by atomic mass is 16.5. The smallest absolute Gasteiger partial charge is 0.203 e. The first kappa shape index (κ1) is 16.3. The molecule has 0 aliphatic carbocycles. The number of hydrogen-bond acceptors (Lipinski definition) is 5. The minimum atomic E-state index is -0.0403. The van der Waals surface area contributed by atoms with Gasteiger partial charge in [-0.05, 0) is 31.9 Å². The number of nitrogens with one attached hydrogen (secondary N) is 1. The van der Waals surface area contributed by atoms with E-state index in [9.17, 15) is 0 Å². The first-order chi connectivity index (χ1) is 9.58. The number of allylic oxidation sites excluding steroid dienone is 1. The molecule has 112 valence electrons. The van der Waals surface area contributed by atoms with Crippen LogP contribution in [-0.2, 0) is 0 Å². The molecule has 5 heteroatoms. The van der Waals surface area contributed by atoms with Crippen LogP contribution in [0.5, 0.6) is 17.2 Å². The zero-order valence-corrected chi connectivity index (χ0v) is 12.7. The standard InChI is InChI=1S/C15H24N2O3/c1-10(2)6-8-12(17-16)11-7-9-13(18-3)15(20-5)14(11)19-4/h7,9,12,17H,1,6,8,16H2,2-5H3. The van der Waals surface area contributed by atoms with E-state index in [1.807, 2.05) is 19.1 Å². The van der Waals surface area contributed by atoms with Crippen molar-refractivity contribution in [3.8, 4) is 17.2 Å². The molecule has 0 saturated heterocycles. The lowest BCUT2D eigenvalue weighted by atomic mass is 9.99. The van der Waals surface area contributed by atoms with Gasteiger partial charge in [0.25, 0.3) is 0 Å². The highest BCUT2D eigenvalue weighted by Crippen LogP contribution is 2.42. The van der Waals surface area contributed by atoms with Crippen LogP contribution < -0.4 is 25.5 Å². The van der Waals surface area contributed by atoms with Crippen molar-refractivity contribution >= 4 is 0 Å². The molecule has 0 aromatic heterocycles. The Bertz CT molecular complexity index is 461. The van der Waals surface area contributed by atoms with Crippen molar-refractivity contribution in [2.75, 3.05) is 21.3 Å². The van der Waals surface area contributed by atoms with Crippen molar-refractivity contribution in [2.45, 2.75) is 25.8 Å². The number of hydrogen-bond donors (Lipinski definition) is 2. The van der Waals surface area contributed by atoms with Crippen LogP contribution >= 0.6 is 0 Å². The summed E-state index contributed by atoms with van der Waals surface area (Å²) in [6, 6.07) is 3.74. The molecule has 0 heterocycles. The third-order valence-corrected chi connectivity index (χ3v) is 3.17. The van der Waals surface area contributed by atoms with Gasteiger partial charge in [-0.1, -0.05) is 5.57 Å². The Balaban J connectivity index is 3.17. The topological polar surface area (TPSA) is 65.7 Å². The van der Waals surface area contributed by atoms with Crippen LogP contribution in [0, 0.1) is 0 Å². The van der Waals surface area contributed by atoms with E-state index in [1.165, 1.54) is 0 Å². The highest BCUT2D eigenvalue weighted by molar-refractivity contribution is 5.56. The van der Waals surface area contributed by atoms with E-state index >= 15 is 0 Å². The van der Waals surface area contributed by atoms with Gasteiger partial charge in [-0.25, -0.2) is 0 Å². The summed E-state index contributed by atoms with van der Waals surface area (Å²) in [5, 5.41) is 0. The van der Waals surface area contributed by atoms with E-state index in [4.69, 9.17) is 20.1 Å². The number of methoxy groups -OCH3 is 3. The highest BCUT2D eigenvalue weighted by Gasteiger charge is 2.21. The van der Waals surface area contributed by atoms with Crippen LogP contribution in [0.3, 0.4) is 0 Å². The number of ether oxygens (including phenoxy) is 3. The summed E-state index contributed by atoms with van der Waals surface area (Å²) in [7, 11) is 4.78. The fourth-order valence-electron chi connectivity index (χ4n) is 2.12. The third-order valence-electron chi connectivity index (χ3n) is 3.17. The number of nitrogens with two attached hydrogens (primary N) is 1. The quantitative estimate of drug-likeness (QED) is 0.435. The summed E-state index contributed by atoms with van der Waals surface area (Å²) in [6.07, 6.45) is 1.71. The third kappa shape index (κ3) is 3.65. The molecule has 3 N–H and O–H groups in total. The van der Waals surface area contributed by atoms with Crippen molar-refractivity contribution in [3.63, 3.8) is 0 Å². The van der Waals surface area contributed by atoms with Gasteiger partial charge in [0.15, 0.2) is 11.5 Å². The molecule has 0 amide bonds. The molecule has 1 atom stereocenters. The summed E-state index contributed by atoms with van der Waals surface area (Å²) in [5.74, 6) is 7.51. The normalized spacial score (nSPS) is 11.8. The molecule has 5 nitrogen and oxygen atoms in total. The Morgan fingerprint density at radius 1 is 1.20 bits per heavy atom. The molecule has 0 saturated carbocycles. The maximum atomic E-state index is 5.67. The number of rotatable bonds is 8. The van der Waals surface area contributed by atoms with Gasteiger partial charge < -0.3 is 14.2 Å². The molecule has 20 heavy (non-hydrogen) atoms. The lowest BCUT2D eigenvalue weighted by molar-refractivity contribution is 0.318. The van der Waals surface area contributed by atoms with Gasteiger partial charge in [-0.15, -0.1) is 6.58 Å². The molecule has 0 bridgehead atoms. The van der Waals surface area contributed by atoms with Crippen LogP contribution in [-0.4, -0.2) is 21.3 Å². The average molecular weight is 280 g/mol. The van der Waals surface area contributed by atoms with Crippen molar-refractivity contribution in [1.82, 2.24) is 5.43 Å². The molecule has 0 spiro atoms. The minimum Gasteiger partial charge on any atom is -0.493 e. The predicted octanol–water partition coefficient (Wildman–Crippen LogP) is 2.57. The molecule has 0 aliphatic heterocycles. The van der Waals surface area contributed by atoms with Crippen LogP contribution in [0.2, 0.25) is 0 Å². The molecule has 0 fully saturated rings. The van der Waals surface area contributed by atoms with Crippen molar-refractivity contribution < 1.29 is 14.2 Å². The second-order valence-electron chi connectivity index (χ2n) is 4.64. The second kappa shape index (κ2) is 7.77. The predicted molar refractivity (Wildman–Crippen MR) is 80.2 cm³/mol. The van der Waals surface area contributed by atoms with E-state index in [0.717, 1.165) is 24.0 Å². The lowest BCUT2D eigenvalue weighted by Gasteiger charge is -2.22. The zero-order chi connectivity index (χ0) is 15.1. The first-order valence-electron chi connectivity index (χ1n) is 6.48. The lowest BCUT2D eigenvalue weighted by Crippen LogP contribution is -2.28. The number of hydrazine groups is 1. The zero-order valence-electron chi connectivity index (χ0n) is 12.7. The van der Waals surface area contributed by atoms with Gasteiger partial charge in [0.1, 0.15) is 0 Å². The Kier molecular flexibility index (Phi) is 6.35. The summed E-state index contributed by atoms with van der Waals surface area (Å²) >= 11 is 0. The molecule has 1 unspecified atom stereocenters. The van der Waals surface area contributed by atoms with Gasteiger partial charge >= 0.3 is 0 Å². The summed E-state index contributed by atoms with van der Waals surface area (Å²) in [6.45, 7) is 5.91. The van der Waals surface area contributed by atoms with Crippen LogP contribution in [0.4, 0.5) is 0 Å². The molecule has 0 aliphatic rings. The summed E-state index contributed by atoms with van der Waals surface area (Å²) in [4.78, 5) is 0. The van der Waals surface area contributed by atoms with Crippen LogP contribution in [0.25, 0.3) is 0 Å². The summed E-state index contributed by atoms with van der Waals surface area (Å²) < 4.78 is 16.1. The van der Waals surface area contributed by atoms with Crippen LogP contribution in [0.15, 0.2) is 24.3 Å². The van der Waals surface area contributed by atoms with E-state index in [0.29, 0.717) is 17.2 Å². The van der Waals surface area contributed by atoms with E-state index in [-0.39, 0.29) is 6.04 Å². The largest absolute Gasteiger partial charge is 0.493 e. The van der Waals surface area contributed by atoms with Gasteiger partial charge in [0.05, 0.1) is 27.4 Å². The Hall–Kier alpha value is -1.72. The molecule has 1 aromatic carbocycles.